The first-order valence-electron chi connectivity index (χ1n) is 8.15. The molecule has 0 aromatic carbocycles. The Morgan fingerprint density at radius 2 is 2.18 bits per heavy atom. The Balaban J connectivity index is 1.95. The molecule has 1 aromatic heterocycles. The lowest BCUT2D eigenvalue weighted by atomic mass is 10.0. The number of hydrogen-bond donors (Lipinski definition) is 1. The second-order valence-corrected chi connectivity index (χ2v) is 6.09. The fourth-order valence-electron chi connectivity index (χ4n) is 2.81. The van der Waals surface area contributed by atoms with Crippen LogP contribution in [0.3, 0.4) is 0 Å². The van der Waals surface area contributed by atoms with E-state index in [1.807, 2.05) is 25.1 Å². The molecular formula is C16H27N5O. The van der Waals surface area contributed by atoms with Gasteiger partial charge in [0, 0.05) is 25.7 Å². The zero-order valence-corrected chi connectivity index (χ0v) is 13.9. The number of likely N-dealkylation sites (N-methyl/N-ethyl adjacent to an activating group) is 1. The molecule has 6 nitrogen and oxygen atoms in total. The van der Waals surface area contributed by atoms with Gasteiger partial charge in [0.2, 0.25) is 0 Å². The maximum absolute atomic E-state index is 12.0. The van der Waals surface area contributed by atoms with Gasteiger partial charge in [-0.3, -0.25) is 4.79 Å². The summed E-state index contributed by atoms with van der Waals surface area (Å²) in [6.45, 7) is 4.66. The minimum absolute atomic E-state index is 0.161. The van der Waals surface area contributed by atoms with Crippen molar-refractivity contribution < 1.29 is 4.79 Å². The van der Waals surface area contributed by atoms with Crippen LogP contribution in [0, 0.1) is 0 Å². The molecule has 122 valence electrons. The van der Waals surface area contributed by atoms with E-state index >= 15 is 0 Å². The molecule has 1 amide bonds. The van der Waals surface area contributed by atoms with Gasteiger partial charge in [-0.15, -0.1) is 10.2 Å². The van der Waals surface area contributed by atoms with Crippen LogP contribution in [-0.4, -0.2) is 60.8 Å². The number of carbonyl (C=O) groups excluding carboxylic acids is 1. The van der Waals surface area contributed by atoms with Gasteiger partial charge >= 0.3 is 0 Å². The minimum atomic E-state index is -0.161. The van der Waals surface area contributed by atoms with Gasteiger partial charge in [0.1, 0.15) is 0 Å². The van der Waals surface area contributed by atoms with Crippen LogP contribution in [0.2, 0.25) is 0 Å². The third-order valence-electron chi connectivity index (χ3n) is 4.12. The summed E-state index contributed by atoms with van der Waals surface area (Å²) in [5.41, 5.74) is 0.382. The second kappa shape index (κ2) is 8.08. The van der Waals surface area contributed by atoms with E-state index in [1.54, 1.807) is 6.07 Å². The number of hydrogen-bond acceptors (Lipinski definition) is 5. The van der Waals surface area contributed by atoms with E-state index in [-0.39, 0.29) is 5.91 Å². The van der Waals surface area contributed by atoms with Crippen molar-refractivity contribution in [2.75, 3.05) is 38.6 Å². The van der Waals surface area contributed by atoms with Crippen LogP contribution < -0.4 is 10.2 Å². The van der Waals surface area contributed by atoms with E-state index < -0.39 is 0 Å². The zero-order valence-electron chi connectivity index (χ0n) is 13.9. The normalized spacial score (nSPS) is 18.5. The Kier molecular flexibility index (Phi) is 6.12. The monoisotopic (exact) mass is 305 g/mol. The van der Waals surface area contributed by atoms with Crippen LogP contribution in [-0.2, 0) is 0 Å². The molecule has 1 aliphatic rings. The van der Waals surface area contributed by atoms with Crippen molar-refractivity contribution in [2.24, 2.45) is 0 Å². The smallest absolute Gasteiger partial charge is 0.271 e. The summed E-state index contributed by atoms with van der Waals surface area (Å²) in [7, 11) is 3.95. The lowest BCUT2D eigenvalue weighted by Crippen LogP contribution is -2.40. The lowest BCUT2D eigenvalue weighted by molar-refractivity contribution is 0.0945. The number of rotatable bonds is 6. The summed E-state index contributed by atoms with van der Waals surface area (Å²) in [6.07, 6.45) is 4.82. The molecule has 0 spiro atoms. The van der Waals surface area contributed by atoms with Crippen molar-refractivity contribution in [2.45, 2.75) is 38.6 Å². The zero-order chi connectivity index (χ0) is 15.9. The van der Waals surface area contributed by atoms with Crippen LogP contribution in [0.1, 0.15) is 43.1 Å². The molecular weight excluding hydrogens is 278 g/mol. The number of nitrogens with zero attached hydrogens (tertiary/aromatic N) is 4. The molecule has 2 heterocycles. The Morgan fingerprint density at radius 3 is 2.82 bits per heavy atom. The molecule has 0 radical (unpaired) electrons. The largest absolute Gasteiger partial charge is 0.352 e. The number of amides is 1. The van der Waals surface area contributed by atoms with Crippen molar-refractivity contribution in [3.05, 3.63) is 17.8 Å². The van der Waals surface area contributed by atoms with Crippen LogP contribution in [0.15, 0.2) is 12.1 Å². The van der Waals surface area contributed by atoms with Crippen molar-refractivity contribution in [3.63, 3.8) is 0 Å². The predicted octanol–water partition coefficient (Wildman–Crippen LogP) is 1.54. The van der Waals surface area contributed by atoms with E-state index in [2.05, 4.69) is 27.3 Å². The SMILES string of the molecule is CCC1CCCCN1c1ccc(C(=O)NCCN(C)C)nn1. The fraction of sp³-hybridized carbons (Fsp3) is 0.688. The Hall–Kier alpha value is -1.69. The maximum Gasteiger partial charge on any atom is 0.271 e. The Bertz CT molecular complexity index is 474. The average Bonchev–Trinajstić information content (AvgIpc) is 2.54. The summed E-state index contributed by atoms with van der Waals surface area (Å²) >= 11 is 0. The van der Waals surface area contributed by atoms with Gasteiger partial charge in [0.25, 0.3) is 5.91 Å². The summed E-state index contributed by atoms with van der Waals surface area (Å²) in [6, 6.07) is 4.24. The van der Waals surface area contributed by atoms with Crippen LogP contribution in [0.5, 0.6) is 0 Å². The van der Waals surface area contributed by atoms with E-state index in [0.717, 1.165) is 25.3 Å². The van der Waals surface area contributed by atoms with Gasteiger partial charge in [0.15, 0.2) is 11.5 Å². The molecule has 1 unspecified atom stereocenters. The van der Waals surface area contributed by atoms with Crippen molar-refractivity contribution in [3.8, 4) is 0 Å². The van der Waals surface area contributed by atoms with Crippen LogP contribution in [0.25, 0.3) is 0 Å². The highest BCUT2D eigenvalue weighted by Crippen LogP contribution is 2.24. The standard InChI is InChI=1S/C16H27N5O/c1-4-13-7-5-6-11-21(13)15-9-8-14(18-19-15)16(22)17-10-12-20(2)3/h8-9,13H,4-7,10-12H2,1-3H3,(H,17,22). The highest BCUT2D eigenvalue weighted by molar-refractivity contribution is 5.92. The molecule has 2 rings (SSSR count). The number of piperidine rings is 1. The predicted molar refractivity (Wildman–Crippen MR) is 88.2 cm³/mol. The summed E-state index contributed by atoms with van der Waals surface area (Å²) in [5, 5.41) is 11.2. The van der Waals surface area contributed by atoms with Crippen LogP contribution in [0.4, 0.5) is 5.82 Å². The Labute approximate surface area is 132 Å². The maximum atomic E-state index is 12.0. The first-order valence-corrected chi connectivity index (χ1v) is 8.15. The number of carbonyl (C=O) groups is 1. The number of nitrogens with one attached hydrogen (secondary N) is 1. The van der Waals surface area contributed by atoms with E-state index in [4.69, 9.17) is 0 Å². The molecule has 0 bridgehead atoms. The van der Waals surface area contributed by atoms with Crippen LogP contribution >= 0.6 is 0 Å². The van der Waals surface area contributed by atoms with Crippen molar-refractivity contribution in [1.82, 2.24) is 20.4 Å². The topological polar surface area (TPSA) is 61.4 Å². The second-order valence-electron chi connectivity index (χ2n) is 6.09. The highest BCUT2D eigenvalue weighted by atomic mass is 16.1. The van der Waals surface area contributed by atoms with E-state index in [9.17, 15) is 4.79 Å². The molecule has 6 heteroatoms. The third-order valence-corrected chi connectivity index (χ3v) is 4.12. The first kappa shape index (κ1) is 16.7. The summed E-state index contributed by atoms with van der Waals surface area (Å²) < 4.78 is 0. The number of aromatic nitrogens is 2. The minimum Gasteiger partial charge on any atom is -0.352 e. The van der Waals surface area contributed by atoms with E-state index in [0.29, 0.717) is 18.3 Å². The quantitative estimate of drug-likeness (QED) is 0.864. The van der Waals surface area contributed by atoms with Gasteiger partial charge in [-0.05, 0) is 51.9 Å². The van der Waals surface area contributed by atoms with Gasteiger partial charge in [-0.1, -0.05) is 6.92 Å². The first-order chi connectivity index (χ1) is 10.6. The molecule has 1 atom stereocenters. The van der Waals surface area contributed by atoms with Crippen molar-refractivity contribution >= 4 is 11.7 Å². The van der Waals surface area contributed by atoms with Gasteiger partial charge in [-0.25, -0.2) is 0 Å². The van der Waals surface area contributed by atoms with Crippen molar-refractivity contribution in [1.29, 1.82) is 0 Å². The number of anilines is 1. The molecule has 1 aliphatic heterocycles. The summed E-state index contributed by atoms with van der Waals surface area (Å²) in [4.78, 5) is 16.3. The molecule has 0 aliphatic carbocycles. The molecule has 1 fully saturated rings. The summed E-state index contributed by atoms with van der Waals surface area (Å²) in [5.74, 6) is 0.725. The fourth-order valence-corrected chi connectivity index (χ4v) is 2.81. The highest BCUT2D eigenvalue weighted by Gasteiger charge is 2.22. The third kappa shape index (κ3) is 4.40. The van der Waals surface area contributed by atoms with Gasteiger partial charge in [0.05, 0.1) is 0 Å². The molecule has 1 aromatic rings. The molecule has 1 N–H and O–H groups in total. The van der Waals surface area contributed by atoms with Gasteiger partial charge in [-0.2, -0.15) is 0 Å². The van der Waals surface area contributed by atoms with E-state index in [1.165, 1.54) is 19.3 Å². The average molecular weight is 305 g/mol. The Morgan fingerprint density at radius 1 is 1.36 bits per heavy atom. The molecule has 22 heavy (non-hydrogen) atoms. The molecule has 1 saturated heterocycles. The molecule has 0 saturated carbocycles. The lowest BCUT2D eigenvalue weighted by Gasteiger charge is -2.35. The van der Waals surface area contributed by atoms with Gasteiger partial charge < -0.3 is 15.1 Å².